The first-order valence-electron chi connectivity index (χ1n) is 5.93. The third-order valence-electron chi connectivity index (χ3n) is 2.98. The predicted molar refractivity (Wildman–Crippen MR) is 67.2 cm³/mol. The highest BCUT2D eigenvalue weighted by Gasteiger charge is 2.27. The average molecular weight is 222 g/mol. The van der Waals surface area contributed by atoms with Crippen LogP contribution in [0, 0.1) is 5.92 Å². The zero-order valence-electron chi connectivity index (χ0n) is 10.1. The van der Waals surface area contributed by atoms with E-state index < -0.39 is 0 Å². The zero-order chi connectivity index (χ0) is 12.0. The predicted octanol–water partition coefficient (Wildman–Crippen LogP) is 1.58. The zero-order valence-corrected chi connectivity index (χ0v) is 10.1. The number of carbonyl (C=O) groups is 1. The minimum atomic E-state index is 0.163. The van der Waals surface area contributed by atoms with Crippen LogP contribution in [0.4, 0.5) is 0 Å². The third kappa shape index (κ3) is 3.49. The normalized spacial score (nSPS) is 24.8. The maximum Gasteiger partial charge on any atom is 0.226 e. The van der Waals surface area contributed by atoms with Crippen molar-refractivity contribution in [3.8, 4) is 0 Å². The van der Waals surface area contributed by atoms with Gasteiger partial charge >= 0.3 is 0 Å². The summed E-state index contributed by atoms with van der Waals surface area (Å²) in [6.45, 7) is 11.7. The largest absolute Gasteiger partial charge is 0.335 e. The van der Waals surface area contributed by atoms with Gasteiger partial charge in [0, 0.05) is 25.0 Å². The van der Waals surface area contributed by atoms with Crippen molar-refractivity contribution in [3.05, 3.63) is 25.3 Å². The molecule has 1 amide bonds. The van der Waals surface area contributed by atoms with Crippen LogP contribution < -0.4 is 5.32 Å². The minimum absolute atomic E-state index is 0.163. The van der Waals surface area contributed by atoms with E-state index in [1.807, 2.05) is 4.90 Å². The molecule has 0 spiro atoms. The minimum Gasteiger partial charge on any atom is -0.335 e. The Morgan fingerprint density at radius 2 is 2.06 bits per heavy atom. The van der Waals surface area contributed by atoms with Gasteiger partial charge in [-0.3, -0.25) is 4.79 Å². The van der Waals surface area contributed by atoms with Gasteiger partial charge in [0.05, 0.1) is 0 Å². The molecular weight excluding hydrogens is 200 g/mol. The fourth-order valence-corrected chi connectivity index (χ4v) is 2.18. The molecule has 3 heteroatoms. The van der Waals surface area contributed by atoms with Crippen LogP contribution in [0.2, 0.25) is 0 Å². The summed E-state index contributed by atoms with van der Waals surface area (Å²) in [6, 6.07) is 0.442. The molecule has 2 atom stereocenters. The molecule has 1 aliphatic rings. The Hall–Kier alpha value is -1.09. The Labute approximate surface area is 98.2 Å². The van der Waals surface area contributed by atoms with E-state index in [4.69, 9.17) is 0 Å². The topological polar surface area (TPSA) is 32.3 Å². The number of rotatable bonds is 5. The van der Waals surface area contributed by atoms with Gasteiger partial charge in [0.25, 0.3) is 0 Å². The van der Waals surface area contributed by atoms with E-state index >= 15 is 0 Å². The maximum atomic E-state index is 12.2. The summed E-state index contributed by atoms with van der Waals surface area (Å²) in [6.07, 6.45) is 5.41. The highest BCUT2D eigenvalue weighted by atomic mass is 16.2. The first-order chi connectivity index (χ1) is 7.69. The van der Waals surface area contributed by atoms with Crippen molar-refractivity contribution in [2.45, 2.75) is 25.8 Å². The smallest absolute Gasteiger partial charge is 0.226 e. The van der Waals surface area contributed by atoms with Gasteiger partial charge in [-0.2, -0.15) is 0 Å². The lowest BCUT2D eigenvalue weighted by Gasteiger charge is -2.31. The molecular formula is C13H22N2O. The van der Waals surface area contributed by atoms with Gasteiger partial charge in [-0.15, -0.1) is 13.2 Å². The lowest BCUT2D eigenvalue weighted by atomic mass is 9.92. The van der Waals surface area contributed by atoms with Crippen LogP contribution in [-0.4, -0.2) is 36.5 Å². The van der Waals surface area contributed by atoms with E-state index in [9.17, 15) is 4.79 Å². The second-order valence-electron chi connectivity index (χ2n) is 4.40. The first kappa shape index (κ1) is 13.0. The van der Waals surface area contributed by atoms with Crippen LogP contribution >= 0.6 is 0 Å². The van der Waals surface area contributed by atoms with Gasteiger partial charge < -0.3 is 10.2 Å². The Balaban J connectivity index is 2.57. The maximum absolute atomic E-state index is 12.2. The lowest BCUT2D eigenvalue weighted by molar-refractivity contribution is -0.135. The van der Waals surface area contributed by atoms with Gasteiger partial charge in [0.1, 0.15) is 0 Å². The van der Waals surface area contributed by atoms with Gasteiger partial charge in [0.15, 0.2) is 0 Å². The molecule has 1 rings (SSSR count). The molecule has 1 N–H and O–H groups in total. The van der Waals surface area contributed by atoms with Gasteiger partial charge in [-0.05, 0) is 26.3 Å². The number of amides is 1. The molecule has 16 heavy (non-hydrogen) atoms. The van der Waals surface area contributed by atoms with Crippen molar-refractivity contribution in [2.24, 2.45) is 5.92 Å². The van der Waals surface area contributed by atoms with Crippen molar-refractivity contribution in [1.29, 1.82) is 0 Å². The summed E-state index contributed by atoms with van der Waals surface area (Å²) in [5.74, 6) is 0.407. The monoisotopic (exact) mass is 222 g/mol. The van der Waals surface area contributed by atoms with E-state index in [0.29, 0.717) is 19.1 Å². The van der Waals surface area contributed by atoms with Crippen molar-refractivity contribution < 1.29 is 4.79 Å². The van der Waals surface area contributed by atoms with E-state index in [-0.39, 0.29) is 11.8 Å². The van der Waals surface area contributed by atoms with Crippen LogP contribution in [0.3, 0.4) is 0 Å². The summed E-state index contributed by atoms with van der Waals surface area (Å²) >= 11 is 0. The van der Waals surface area contributed by atoms with Crippen LogP contribution in [-0.2, 0) is 4.79 Å². The fourth-order valence-electron chi connectivity index (χ4n) is 2.18. The summed E-state index contributed by atoms with van der Waals surface area (Å²) in [5.41, 5.74) is 0. The van der Waals surface area contributed by atoms with E-state index in [0.717, 1.165) is 19.4 Å². The number of nitrogens with zero attached hydrogens (tertiary/aromatic N) is 1. The fraction of sp³-hybridized carbons (Fsp3) is 0.615. The molecule has 1 heterocycles. The van der Waals surface area contributed by atoms with Crippen LogP contribution in [0.15, 0.2) is 25.3 Å². The van der Waals surface area contributed by atoms with Crippen LogP contribution in [0.1, 0.15) is 19.8 Å². The van der Waals surface area contributed by atoms with E-state index in [1.165, 1.54) is 0 Å². The lowest BCUT2D eigenvalue weighted by Crippen LogP contribution is -2.44. The average Bonchev–Trinajstić information content (AvgIpc) is 2.28. The molecule has 1 saturated heterocycles. The Morgan fingerprint density at radius 3 is 2.56 bits per heavy atom. The number of nitrogens with one attached hydrogen (secondary N) is 1. The molecule has 0 aromatic rings. The molecule has 2 unspecified atom stereocenters. The number of piperidine rings is 1. The Morgan fingerprint density at radius 1 is 1.44 bits per heavy atom. The summed E-state index contributed by atoms with van der Waals surface area (Å²) in [7, 11) is 0. The van der Waals surface area contributed by atoms with Crippen molar-refractivity contribution in [1.82, 2.24) is 10.2 Å². The quantitative estimate of drug-likeness (QED) is 0.716. The van der Waals surface area contributed by atoms with Gasteiger partial charge in [-0.1, -0.05) is 12.2 Å². The second-order valence-corrected chi connectivity index (χ2v) is 4.40. The van der Waals surface area contributed by atoms with Crippen LogP contribution in [0.5, 0.6) is 0 Å². The van der Waals surface area contributed by atoms with Crippen LogP contribution in [0.25, 0.3) is 0 Å². The van der Waals surface area contributed by atoms with Crippen molar-refractivity contribution in [2.75, 3.05) is 19.6 Å². The molecule has 1 fully saturated rings. The standard InChI is InChI=1S/C13H22N2O/c1-4-8-15(9-5-2)13(16)12-6-7-14-11(3)10-12/h4-5,11-12,14H,1-2,6-10H2,3H3. The van der Waals surface area contributed by atoms with Crippen molar-refractivity contribution >= 4 is 5.91 Å². The van der Waals surface area contributed by atoms with E-state index in [1.54, 1.807) is 12.2 Å². The third-order valence-corrected chi connectivity index (χ3v) is 2.98. The molecule has 90 valence electrons. The molecule has 0 radical (unpaired) electrons. The van der Waals surface area contributed by atoms with Gasteiger partial charge in [-0.25, -0.2) is 0 Å². The SMILES string of the molecule is C=CCN(CC=C)C(=O)C1CCNC(C)C1. The molecule has 0 aromatic heterocycles. The Kier molecular flexibility index (Phi) is 5.26. The molecule has 0 saturated carbocycles. The van der Waals surface area contributed by atoms with Crippen molar-refractivity contribution in [3.63, 3.8) is 0 Å². The van der Waals surface area contributed by atoms with E-state index in [2.05, 4.69) is 25.4 Å². The summed E-state index contributed by atoms with van der Waals surface area (Å²) in [5, 5.41) is 3.36. The second kappa shape index (κ2) is 6.48. The number of carbonyl (C=O) groups excluding carboxylic acids is 1. The summed E-state index contributed by atoms with van der Waals surface area (Å²) in [4.78, 5) is 14.0. The molecule has 0 aliphatic carbocycles. The summed E-state index contributed by atoms with van der Waals surface area (Å²) < 4.78 is 0. The number of hydrogen-bond donors (Lipinski definition) is 1. The number of hydrogen-bond acceptors (Lipinski definition) is 2. The molecule has 1 aliphatic heterocycles. The highest BCUT2D eigenvalue weighted by molar-refractivity contribution is 5.79. The molecule has 0 aromatic carbocycles. The molecule has 0 bridgehead atoms. The highest BCUT2D eigenvalue weighted by Crippen LogP contribution is 2.18. The molecule has 3 nitrogen and oxygen atoms in total. The van der Waals surface area contributed by atoms with Gasteiger partial charge in [0.2, 0.25) is 5.91 Å². The first-order valence-corrected chi connectivity index (χ1v) is 5.93. The Bertz CT molecular complexity index is 253.